The van der Waals surface area contributed by atoms with Gasteiger partial charge < -0.3 is 9.47 Å². The fraction of sp³-hybridized carbons (Fsp3) is 0.500. The van der Waals surface area contributed by atoms with E-state index in [1.807, 2.05) is 0 Å². The summed E-state index contributed by atoms with van der Waals surface area (Å²) in [6, 6.07) is 4.38. The molecule has 110 valence electrons. The normalized spacial score (nSPS) is 10.2. The Morgan fingerprint density at radius 1 is 1.20 bits per heavy atom. The third-order valence-corrected chi connectivity index (χ3v) is 2.64. The molecule has 0 saturated heterocycles. The van der Waals surface area contributed by atoms with E-state index in [-0.39, 0.29) is 11.7 Å². The van der Waals surface area contributed by atoms with E-state index in [1.54, 1.807) is 6.07 Å². The third kappa shape index (κ3) is 7.37. The SMILES string of the molecule is CC(C)CCOCCOc1cc(F)cc(C#CCCl)c1. The standard InChI is InChI=1S/C16H20ClFO2/c1-13(2)5-7-19-8-9-20-16-11-14(4-3-6-17)10-15(18)12-16/h10-13H,5-9H2,1-2H3. The Balaban J connectivity index is 2.38. The van der Waals surface area contributed by atoms with Crippen molar-refractivity contribution in [2.24, 2.45) is 5.92 Å². The summed E-state index contributed by atoms with van der Waals surface area (Å²) >= 11 is 5.47. The van der Waals surface area contributed by atoms with Crippen molar-refractivity contribution in [3.8, 4) is 17.6 Å². The van der Waals surface area contributed by atoms with Gasteiger partial charge in [-0.25, -0.2) is 4.39 Å². The molecular weight excluding hydrogens is 279 g/mol. The second-order valence-corrected chi connectivity index (χ2v) is 5.02. The first-order valence-electron chi connectivity index (χ1n) is 6.67. The average molecular weight is 299 g/mol. The van der Waals surface area contributed by atoms with Gasteiger partial charge in [0.1, 0.15) is 18.2 Å². The van der Waals surface area contributed by atoms with E-state index in [9.17, 15) is 4.39 Å². The van der Waals surface area contributed by atoms with Gasteiger partial charge in [-0.05, 0) is 24.5 Å². The Morgan fingerprint density at radius 3 is 2.70 bits per heavy atom. The topological polar surface area (TPSA) is 18.5 Å². The highest BCUT2D eigenvalue weighted by Gasteiger charge is 2.01. The number of ether oxygens (including phenoxy) is 2. The Bertz CT molecular complexity index is 463. The molecule has 1 aromatic rings. The van der Waals surface area contributed by atoms with Crippen molar-refractivity contribution in [3.05, 3.63) is 29.6 Å². The first-order valence-corrected chi connectivity index (χ1v) is 7.21. The van der Waals surface area contributed by atoms with Crippen LogP contribution >= 0.6 is 11.6 Å². The predicted octanol–water partition coefficient (Wildman–Crippen LogP) is 3.86. The van der Waals surface area contributed by atoms with E-state index in [0.717, 1.165) is 13.0 Å². The van der Waals surface area contributed by atoms with E-state index < -0.39 is 0 Å². The van der Waals surface area contributed by atoms with Crippen LogP contribution < -0.4 is 4.74 Å². The number of halogens is 2. The summed E-state index contributed by atoms with van der Waals surface area (Å²) in [5.41, 5.74) is 0.557. The molecule has 20 heavy (non-hydrogen) atoms. The Morgan fingerprint density at radius 2 is 2.00 bits per heavy atom. The highest BCUT2D eigenvalue weighted by molar-refractivity contribution is 6.19. The van der Waals surface area contributed by atoms with Crippen LogP contribution in [0.25, 0.3) is 0 Å². The maximum absolute atomic E-state index is 13.4. The van der Waals surface area contributed by atoms with Crippen molar-refractivity contribution >= 4 is 11.6 Å². The van der Waals surface area contributed by atoms with Crippen LogP contribution in [0.4, 0.5) is 4.39 Å². The van der Waals surface area contributed by atoms with Crippen molar-refractivity contribution in [2.75, 3.05) is 25.7 Å². The molecule has 0 spiro atoms. The number of benzene rings is 1. The smallest absolute Gasteiger partial charge is 0.128 e. The highest BCUT2D eigenvalue weighted by Crippen LogP contribution is 2.15. The van der Waals surface area contributed by atoms with Gasteiger partial charge in [-0.1, -0.05) is 25.7 Å². The van der Waals surface area contributed by atoms with Gasteiger partial charge in [0, 0.05) is 18.2 Å². The number of hydrogen-bond donors (Lipinski definition) is 0. The van der Waals surface area contributed by atoms with Crippen molar-refractivity contribution in [1.29, 1.82) is 0 Å². The molecule has 0 aromatic heterocycles. The van der Waals surface area contributed by atoms with Crippen LogP contribution in [0.2, 0.25) is 0 Å². The van der Waals surface area contributed by atoms with Crippen LogP contribution in [0.3, 0.4) is 0 Å². The molecule has 0 aliphatic rings. The van der Waals surface area contributed by atoms with Gasteiger partial charge in [-0.2, -0.15) is 0 Å². The van der Waals surface area contributed by atoms with E-state index in [4.69, 9.17) is 21.1 Å². The van der Waals surface area contributed by atoms with E-state index in [1.165, 1.54) is 12.1 Å². The molecule has 0 aliphatic heterocycles. The lowest BCUT2D eigenvalue weighted by Crippen LogP contribution is -2.08. The minimum atomic E-state index is -0.373. The van der Waals surface area contributed by atoms with Gasteiger partial charge in [-0.15, -0.1) is 11.6 Å². The fourth-order valence-electron chi connectivity index (χ4n) is 1.49. The lowest BCUT2D eigenvalue weighted by atomic mass is 10.1. The molecule has 0 atom stereocenters. The first-order chi connectivity index (χ1) is 9.61. The molecule has 0 saturated carbocycles. The summed E-state index contributed by atoms with van der Waals surface area (Å²) in [5, 5.41) is 0. The van der Waals surface area contributed by atoms with Crippen LogP contribution in [0.1, 0.15) is 25.8 Å². The molecule has 4 heteroatoms. The third-order valence-electron chi connectivity index (χ3n) is 2.51. The van der Waals surface area contributed by atoms with Crippen LogP contribution in [-0.4, -0.2) is 25.7 Å². The molecule has 0 unspecified atom stereocenters. The van der Waals surface area contributed by atoms with Gasteiger partial charge in [0.2, 0.25) is 0 Å². The Labute approximate surface area is 125 Å². The fourth-order valence-corrected chi connectivity index (χ4v) is 1.56. The van der Waals surface area contributed by atoms with Crippen LogP contribution in [-0.2, 0) is 4.74 Å². The summed E-state index contributed by atoms with van der Waals surface area (Å²) in [4.78, 5) is 0. The van der Waals surface area contributed by atoms with Crippen molar-refractivity contribution < 1.29 is 13.9 Å². The van der Waals surface area contributed by atoms with E-state index >= 15 is 0 Å². The number of alkyl halides is 1. The highest BCUT2D eigenvalue weighted by atomic mass is 35.5. The van der Waals surface area contributed by atoms with Crippen LogP contribution in [0.15, 0.2) is 18.2 Å². The molecule has 2 nitrogen and oxygen atoms in total. The second-order valence-electron chi connectivity index (χ2n) is 4.75. The lowest BCUT2D eigenvalue weighted by molar-refractivity contribution is 0.0925. The van der Waals surface area contributed by atoms with Crippen LogP contribution in [0.5, 0.6) is 5.75 Å². The van der Waals surface area contributed by atoms with Gasteiger partial charge in [0.15, 0.2) is 0 Å². The van der Waals surface area contributed by atoms with Crippen LogP contribution in [0, 0.1) is 23.6 Å². The molecule has 0 heterocycles. The second kappa shape index (κ2) is 9.63. The largest absolute Gasteiger partial charge is 0.491 e. The maximum Gasteiger partial charge on any atom is 0.128 e. The average Bonchev–Trinajstić information content (AvgIpc) is 2.39. The molecule has 0 fully saturated rings. The zero-order chi connectivity index (χ0) is 14.8. The lowest BCUT2D eigenvalue weighted by Gasteiger charge is -2.09. The zero-order valence-corrected chi connectivity index (χ0v) is 12.7. The Kier molecular flexibility index (Phi) is 8.10. The zero-order valence-electron chi connectivity index (χ0n) is 11.9. The molecule has 0 radical (unpaired) electrons. The maximum atomic E-state index is 13.4. The molecule has 0 N–H and O–H groups in total. The van der Waals surface area contributed by atoms with Crippen molar-refractivity contribution in [3.63, 3.8) is 0 Å². The summed E-state index contributed by atoms with van der Waals surface area (Å²) < 4.78 is 24.2. The van der Waals surface area contributed by atoms with E-state index in [0.29, 0.717) is 30.4 Å². The van der Waals surface area contributed by atoms with Gasteiger partial charge in [0.05, 0.1) is 12.5 Å². The molecule has 1 rings (SSSR count). The quantitative estimate of drug-likeness (QED) is 0.432. The van der Waals surface area contributed by atoms with E-state index in [2.05, 4.69) is 25.7 Å². The molecule has 0 bridgehead atoms. The molecule has 0 amide bonds. The number of hydrogen-bond acceptors (Lipinski definition) is 2. The predicted molar refractivity (Wildman–Crippen MR) is 79.8 cm³/mol. The van der Waals surface area contributed by atoms with Gasteiger partial charge in [-0.3, -0.25) is 0 Å². The summed E-state index contributed by atoms with van der Waals surface area (Å²) in [5.74, 6) is 6.38. The minimum absolute atomic E-state index is 0.219. The summed E-state index contributed by atoms with van der Waals surface area (Å²) in [7, 11) is 0. The summed E-state index contributed by atoms with van der Waals surface area (Å²) in [6.07, 6.45) is 1.03. The van der Waals surface area contributed by atoms with Gasteiger partial charge >= 0.3 is 0 Å². The van der Waals surface area contributed by atoms with Crippen molar-refractivity contribution in [2.45, 2.75) is 20.3 Å². The minimum Gasteiger partial charge on any atom is -0.491 e. The van der Waals surface area contributed by atoms with Gasteiger partial charge in [0.25, 0.3) is 0 Å². The first kappa shape index (κ1) is 16.8. The van der Waals surface area contributed by atoms with Crippen molar-refractivity contribution in [1.82, 2.24) is 0 Å². The number of rotatable bonds is 7. The molecular formula is C16H20ClFO2. The molecule has 0 aliphatic carbocycles. The molecule has 1 aromatic carbocycles. The Hall–Kier alpha value is -1.24. The monoisotopic (exact) mass is 298 g/mol. The summed E-state index contributed by atoms with van der Waals surface area (Å²) in [6.45, 7) is 5.90.